The van der Waals surface area contributed by atoms with E-state index in [-0.39, 0.29) is 6.04 Å². The Kier molecular flexibility index (Phi) is 7.38. The van der Waals surface area contributed by atoms with Crippen LogP contribution in [0.5, 0.6) is 0 Å². The predicted molar refractivity (Wildman–Crippen MR) is 80.0 cm³/mol. The fraction of sp³-hybridized carbons (Fsp3) is 0.769. The van der Waals surface area contributed by atoms with E-state index in [0.717, 1.165) is 31.6 Å². The van der Waals surface area contributed by atoms with Gasteiger partial charge in [-0.05, 0) is 20.5 Å². The lowest BCUT2D eigenvalue weighted by molar-refractivity contribution is 0.358. The quantitative estimate of drug-likeness (QED) is 0.415. The second-order valence-corrected chi connectivity index (χ2v) is 5.53. The number of nitrogens with one attached hydrogen (secondary N) is 1. The Bertz CT molecular complexity index is 364. The van der Waals surface area contributed by atoms with Gasteiger partial charge in [0, 0.05) is 6.54 Å². The number of rotatable bonds is 9. The van der Waals surface area contributed by atoms with E-state index in [2.05, 4.69) is 22.3 Å². The van der Waals surface area contributed by atoms with Crippen LogP contribution in [-0.2, 0) is 6.54 Å². The highest BCUT2D eigenvalue weighted by atomic mass is 35.5. The van der Waals surface area contributed by atoms with Crippen molar-refractivity contribution in [2.75, 3.05) is 20.6 Å². The Labute approximate surface area is 121 Å². The maximum Gasteiger partial charge on any atom is 0.0834 e. The van der Waals surface area contributed by atoms with Gasteiger partial charge in [0.25, 0.3) is 0 Å². The molecule has 5 nitrogen and oxygen atoms in total. The molecule has 1 aromatic heterocycles. The summed E-state index contributed by atoms with van der Waals surface area (Å²) in [4.78, 5) is 2.13. The average Bonchev–Trinajstić information content (AvgIpc) is 2.74. The molecule has 1 atom stereocenters. The molecule has 0 aliphatic heterocycles. The van der Waals surface area contributed by atoms with Gasteiger partial charge in [0.2, 0.25) is 0 Å². The molecule has 0 fully saturated rings. The van der Waals surface area contributed by atoms with E-state index in [1.165, 1.54) is 12.8 Å². The van der Waals surface area contributed by atoms with Gasteiger partial charge in [-0.1, -0.05) is 37.8 Å². The smallest absolute Gasteiger partial charge is 0.0834 e. The number of hydrogen-bond donors (Lipinski definition) is 2. The number of hydrazine groups is 1. The fourth-order valence-electron chi connectivity index (χ4n) is 2.09. The third-order valence-electron chi connectivity index (χ3n) is 3.22. The van der Waals surface area contributed by atoms with Crippen LogP contribution in [0.3, 0.4) is 0 Å². The molecule has 19 heavy (non-hydrogen) atoms. The molecule has 0 saturated carbocycles. The normalized spacial score (nSPS) is 13.2. The second kappa shape index (κ2) is 8.53. The van der Waals surface area contributed by atoms with Gasteiger partial charge >= 0.3 is 0 Å². The van der Waals surface area contributed by atoms with Crippen LogP contribution in [-0.4, -0.2) is 35.3 Å². The van der Waals surface area contributed by atoms with Crippen LogP contribution >= 0.6 is 11.6 Å². The van der Waals surface area contributed by atoms with Crippen molar-refractivity contribution in [2.45, 2.75) is 45.2 Å². The largest absolute Gasteiger partial charge is 0.308 e. The molecule has 0 saturated heterocycles. The van der Waals surface area contributed by atoms with Gasteiger partial charge in [-0.3, -0.25) is 16.0 Å². The number of halogens is 1. The zero-order valence-electron chi connectivity index (χ0n) is 12.2. The van der Waals surface area contributed by atoms with E-state index in [9.17, 15) is 0 Å². The van der Waals surface area contributed by atoms with Gasteiger partial charge in [-0.25, -0.2) is 0 Å². The van der Waals surface area contributed by atoms with E-state index < -0.39 is 0 Å². The first-order valence-corrected chi connectivity index (χ1v) is 7.30. The molecule has 0 aliphatic rings. The molecule has 0 spiro atoms. The molecule has 1 unspecified atom stereocenters. The molecule has 6 heteroatoms. The SMILES string of the molecule is CCCCCC(NN)c1c(Cl)cnn1CCN(C)C. The second-order valence-electron chi connectivity index (χ2n) is 5.12. The molecule has 0 aromatic carbocycles. The summed E-state index contributed by atoms with van der Waals surface area (Å²) in [6.45, 7) is 3.94. The molecule has 1 aromatic rings. The van der Waals surface area contributed by atoms with E-state index in [4.69, 9.17) is 17.4 Å². The monoisotopic (exact) mass is 287 g/mol. The first-order valence-electron chi connectivity index (χ1n) is 6.92. The maximum absolute atomic E-state index is 6.25. The number of unbranched alkanes of at least 4 members (excludes halogenated alkanes) is 2. The van der Waals surface area contributed by atoms with E-state index in [1.54, 1.807) is 6.20 Å². The first kappa shape index (κ1) is 16.4. The van der Waals surface area contributed by atoms with Crippen molar-refractivity contribution in [3.63, 3.8) is 0 Å². The minimum Gasteiger partial charge on any atom is -0.308 e. The van der Waals surface area contributed by atoms with Gasteiger partial charge in [0.1, 0.15) is 0 Å². The molecule has 1 rings (SSSR count). The Hall–Kier alpha value is -0.620. The molecular weight excluding hydrogens is 262 g/mol. The molecule has 110 valence electrons. The van der Waals surface area contributed by atoms with Crippen molar-refractivity contribution in [2.24, 2.45) is 5.84 Å². The Balaban J connectivity index is 2.74. The highest BCUT2D eigenvalue weighted by Crippen LogP contribution is 2.26. The van der Waals surface area contributed by atoms with Gasteiger partial charge < -0.3 is 4.90 Å². The molecule has 0 bridgehead atoms. The predicted octanol–water partition coefficient (Wildman–Crippen LogP) is 2.18. The summed E-state index contributed by atoms with van der Waals surface area (Å²) in [5.41, 5.74) is 3.88. The summed E-state index contributed by atoms with van der Waals surface area (Å²) in [6, 6.07) is 0.0729. The van der Waals surface area contributed by atoms with Gasteiger partial charge in [0.05, 0.1) is 29.5 Å². The van der Waals surface area contributed by atoms with Crippen LogP contribution < -0.4 is 11.3 Å². The molecule has 0 amide bonds. The Morgan fingerprint density at radius 3 is 2.79 bits per heavy atom. The molecule has 3 N–H and O–H groups in total. The van der Waals surface area contributed by atoms with Crippen molar-refractivity contribution in [1.29, 1.82) is 0 Å². The summed E-state index contributed by atoms with van der Waals surface area (Å²) < 4.78 is 1.96. The van der Waals surface area contributed by atoms with Gasteiger partial charge in [-0.2, -0.15) is 5.10 Å². The zero-order chi connectivity index (χ0) is 14.3. The number of hydrogen-bond acceptors (Lipinski definition) is 4. The number of likely N-dealkylation sites (N-methyl/N-ethyl adjacent to an activating group) is 1. The third-order valence-corrected chi connectivity index (χ3v) is 3.51. The zero-order valence-corrected chi connectivity index (χ0v) is 13.0. The maximum atomic E-state index is 6.25. The minimum atomic E-state index is 0.0729. The van der Waals surface area contributed by atoms with Crippen LogP contribution in [0, 0.1) is 0 Å². The van der Waals surface area contributed by atoms with E-state index in [1.807, 2.05) is 18.8 Å². The fourth-order valence-corrected chi connectivity index (χ4v) is 2.36. The highest BCUT2D eigenvalue weighted by molar-refractivity contribution is 6.31. The number of aromatic nitrogens is 2. The van der Waals surface area contributed by atoms with Crippen molar-refractivity contribution in [1.82, 2.24) is 20.1 Å². The van der Waals surface area contributed by atoms with Crippen LogP contribution in [0.4, 0.5) is 0 Å². The lowest BCUT2D eigenvalue weighted by Crippen LogP contribution is -2.31. The number of nitrogens with two attached hydrogens (primary N) is 1. The van der Waals surface area contributed by atoms with Crippen LogP contribution in [0.2, 0.25) is 5.02 Å². The van der Waals surface area contributed by atoms with Crippen molar-refractivity contribution in [3.8, 4) is 0 Å². The summed E-state index contributed by atoms with van der Waals surface area (Å²) in [5.74, 6) is 5.68. The van der Waals surface area contributed by atoms with Crippen molar-refractivity contribution in [3.05, 3.63) is 16.9 Å². The molecular formula is C13H26ClN5. The third kappa shape index (κ3) is 5.10. The summed E-state index contributed by atoms with van der Waals surface area (Å²) >= 11 is 6.25. The van der Waals surface area contributed by atoms with Crippen molar-refractivity contribution < 1.29 is 0 Å². The minimum absolute atomic E-state index is 0.0729. The Morgan fingerprint density at radius 2 is 2.21 bits per heavy atom. The molecule has 1 heterocycles. The standard InChI is InChI=1S/C13H26ClN5/c1-4-5-6-7-12(17-15)13-11(14)10-16-19(13)9-8-18(2)3/h10,12,17H,4-9,15H2,1-3H3. The van der Waals surface area contributed by atoms with E-state index in [0.29, 0.717) is 5.02 Å². The van der Waals surface area contributed by atoms with Gasteiger partial charge in [-0.15, -0.1) is 0 Å². The van der Waals surface area contributed by atoms with Crippen LogP contribution in [0.15, 0.2) is 6.20 Å². The highest BCUT2D eigenvalue weighted by Gasteiger charge is 2.19. The lowest BCUT2D eigenvalue weighted by atomic mass is 10.1. The lowest BCUT2D eigenvalue weighted by Gasteiger charge is -2.19. The number of nitrogens with zero attached hydrogens (tertiary/aromatic N) is 3. The topological polar surface area (TPSA) is 59.1 Å². The summed E-state index contributed by atoms with van der Waals surface area (Å²) in [5, 5.41) is 5.04. The molecule has 0 radical (unpaired) electrons. The molecule has 0 aliphatic carbocycles. The summed E-state index contributed by atoms with van der Waals surface area (Å²) in [7, 11) is 4.09. The van der Waals surface area contributed by atoms with Crippen LogP contribution in [0.1, 0.15) is 44.3 Å². The first-order chi connectivity index (χ1) is 9.10. The van der Waals surface area contributed by atoms with E-state index >= 15 is 0 Å². The average molecular weight is 288 g/mol. The summed E-state index contributed by atoms with van der Waals surface area (Å²) in [6.07, 6.45) is 6.24. The van der Waals surface area contributed by atoms with Crippen molar-refractivity contribution >= 4 is 11.6 Å². The van der Waals surface area contributed by atoms with Gasteiger partial charge in [0.15, 0.2) is 0 Å². The van der Waals surface area contributed by atoms with Crippen LogP contribution in [0.25, 0.3) is 0 Å². The Morgan fingerprint density at radius 1 is 1.47 bits per heavy atom.